The van der Waals surface area contributed by atoms with E-state index in [0.29, 0.717) is 0 Å². The average Bonchev–Trinajstić information content (AvgIpc) is 3.03. The lowest BCUT2D eigenvalue weighted by Gasteiger charge is -2.22. The molecule has 0 aliphatic rings. The zero-order chi connectivity index (χ0) is 18.4. The van der Waals surface area contributed by atoms with Crippen LogP contribution in [-0.4, -0.2) is 60.2 Å². The van der Waals surface area contributed by atoms with Gasteiger partial charge in [0.15, 0.2) is 0 Å². The first-order valence-corrected chi connectivity index (χ1v) is 10.6. The number of hydrogen-bond acceptors (Lipinski definition) is 5. The number of hydrogen-bond donors (Lipinski definition) is 0. The molecule has 2 rings (SSSR count). The van der Waals surface area contributed by atoms with Crippen LogP contribution in [0, 0.1) is 6.92 Å². The molecule has 0 aliphatic carbocycles. The predicted octanol–water partition coefficient (Wildman–Crippen LogP) is 4.25. The summed E-state index contributed by atoms with van der Waals surface area (Å²) in [6, 6.07) is 8.30. The van der Waals surface area contributed by atoms with Crippen LogP contribution in [0.1, 0.15) is 29.2 Å². The van der Waals surface area contributed by atoms with E-state index in [2.05, 4.69) is 48.2 Å². The van der Waals surface area contributed by atoms with Crippen molar-refractivity contribution in [3.05, 3.63) is 34.8 Å². The summed E-state index contributed by atoms with van der Waals surface area (Å²) in [6.07, 6.45) is 2.06. The van der Waals surface area contributed by atoms with E-state index in [1.165, 1.54) is 16.2 Å². The van der Waals surface area contributed by atoms with E-state index >= 15 is 0 Å². The predicted molar refractivity (Wildman–Crippen MR) is 109 cm³/mol. The van der Waals surface area contributed by atoms with Crippen LogP contribution in [0.4, 0.5) is 0 Å². The molecule has 0 saturated heterocycles. The summed E-state index contributed by atoms with van der Waals surface area (Å²) in [6.45, 7) is 9.86. The van der Waals surface area contributed by atoms with Gasteiger partial charge in [0.25, 0.3) is 5.91 Å². The first kappa shape index (κ1) is 19.9. The van der Waals surface area contributed by atoms with Crippen molar-refractivity contribution in [3.63, 3.8) is 0 Å². The molecule has 136 valence electrons. The zero-order valence-electron chi connectivity index (χ0n) is 15.7. The van der Waals surface area contributed by atoms with Crippen LogP contribution in [-0.2, 0) is 0 Å². The summed E-state index contributed by atoms with van der Waals surface area (Å²) < 4.78 is 0. The van der Waals surface area contributed by atoms with Crippen molar-refractivity contribution in [2.45, 2.75) is 25.7 Å². The largest absolute Gasteiger partial charge is 0.340 e. The van der Waals surface area contributed by atoms with Gasteiger partial charge in [-0.05, 0) is 38.4 Å². The Labute approximate surface area is 159 Å². The zero-order valence-corrected chi connectivity index (χ0v) is 17.3. The van der Waals surface area contributed by atoms with Gasteiger partial charge in [0.2, 0.25) is 0 Å². The summed E-state index contributed by atoms with van der Waals surface area (Å²) >= 11 is 3.20. The number of amides is 1. The Bertz CT molecular complexity index is 710. The molecule has 6 heteroatoms. The maximum absolute atomic E-state index is 12.8. The van der Waals surface area contributed by atoms with E-state index in [-0.39, 0.29) is 5.91 Å². The highest BCUT2D eigenvalue weighted by Gasteiger charge is 2.20. The molecule has 0 unspecified atom stereocenters. The Balaban J connectivity index is 2.14. The lowest BCUT2D eigenvalue weighted by atomic mass is 10.2. The third-order valence-corrected chi connectivity index (χ3v) is 6.22. The number of aromatic nitrogens is 1. The van der Waals surface area contributed by atoms with Gasteiger partial charge in [0.05, 0.1) is 5.69 Å². The lowest BCUT2D eigenvalue weighted by molar-refractivity contribution is 0.0783. The van der Waals surface area contributed by atoms with Gasteiger partial charge in [-0.3, -0.25) is 4.79 Å². The fourth-order valence-electron chi connectivity index (χ4n) is 2.58. The molecule has 0 fully saturated rings. The summed E-state index contributed by atoms with van der Waals surface area (Å²) in [4.78, 5) is 23.5. The van der Waals surface area contributed by atoms with E-state index in [1.54, 1.807) is 16.7 Å². The normalized spacial score (nSPS) is 11.1. The molecule has 1 aromatic heterocycles. The Morgan fingerprint density at radius 2 is 1.96 bits per heavy atom. The monoisotopic (exact) mass is 377 g/mol. The number of carbonyl (C=O) groups excluding carboxylic acids is 1. The van der Waals surface area contributed by atoms with Gasteiger partial charge in [-0.1, -0.05) is 26.0 Å². The van der Waals surface area contributed by atoms with Crippen LogP contribution in [0.25, 0.3) is 10.6 Å². The van der Waals surface area contributed by atoms with Gasteiger partial charge in [-0.2, -0.15) is 0 Å². The highest BCUT2D eigenvalue weighted by Crippen LogP contribution is 2.30. The van der Waals surface area contributed by atoms with Crippen molar-refractivity contribution in [3.8, 4) is 10.6 Å². The molecule has 1 amide bonds. The van der Waals surface area contributed by atoms with Crippen molar-refractivity contribution >= 4 is 29.0 Å². The summed E-state index contributed by atoms with van der Waals surface area (Å²) in [5.74, 6) is 0.0643. The second-order valence-electron chi connectivity index (χ2n) is 5.92. The number of aryl methyl sites for hydroxylation is 1. The molecule has 0 bridgehead atoms. The van der Waals surface area contributed by atoms with Crippen molar-refractivity contribution < 1.29 is 4.79 Å². The van der Waals surface area contributed by atoms with E-state index in [1.807, 2.05) is 20.0 Å². The Morgan fingerprint density at radius 1 is 1.24 bits per heavy atom. The first-order valence-electron chi connectivity index (χ1n) is 8.59. The van der Waals surface area contributed by atoms with Crippen LogP contribution < -0.4 is 0 Å². The lowest BCUT2D eigenvalue weighted by Crippen LogP contribution is -2.36. The van der Waals surface area contributed by atoms with Crippen molar-refractivity contribution in [2.75, 3.05) is 39.5 Å². The van der Waals surface area contributed by atoms with Crippen LogP contribution in [0.2, 0.25) is 0 Å². The summed E-state index contributed by atoms with van der Waals surface area (Å²) in [5, 5.41) is 0.911. The molecular weight excluding hydrogens is 350 g/mol. The van der Waals surface area contributed by atoms with Crippen LogP contribution >= 0.6 is 23.1 Å². The van der Waals surface area contributed by atoms with E-state index < -0.39 is 0 Å². The molecule has 4 nitrogen and oxygen atoms in total. The van der Waals surface area contributed by atoms with Crippen LogP contribution in [0.3, 0.4) is 0 Å². The third-order valence-electron chi connectivity index (χ3n) is 4.30. The molecule has 0 N–H and O–H groups in total. The Kier molecular flexibility index (Phi) is 7.47. The molecule has 0 atom stereocenters. The maximum atomic E-state index is 12.8. The number of benzene rings is 1. The highest BCUT2D eigenvalue weighted by molar-refractivity contribution is 7.98. The summed E-state index contributed by atoms with van der Waals surface area (Å²) in [7, 11) is 1.87. The third kappa shape index (κ3) is 5.06. The molecule has 0 saturated carbocycles. The molecule has 0 spiro atoms. The first-order chi connectivity index (χ1) is 12.0. The van der Waals surface area contributed by atoms with Crippen molar-refractivity contribution in [1.29, 1.82) is 0 Å². The topological polar surface area (TPSA) is 36.4 Å². The standard InChI is InChI=1S/C19H27N3OS2/c1-6-22(7-2)12-11-21(4)19(23)17-14(3)20-18(25-17)15-9-8-10-16(13-15)24-5/h8-10,13H,6-7,11-12H2,1-5H3. The van der Waals surface area contributed by atoms with Gasteiger partial charge in [-0.25, -0.2) is 4.98 Å². The quantitative estimate of drug-likeness (QED) is 0.644. The van der Waals surface area contributed by atoms with Gasteiger partial charge in [0.1, 0.15) is 9.88 Å². The van der Waals surface area contributed by atoms with E-state index in [0.717, 1.165) is 47.3 Å². The average molecular weight is 378 g/mol. The number of thioether (sulfide) groups is 1. The van der Waals surface area contributed by atoms with Crippen molar-refractivity contribution in [2.24, 2.45) is 0 Å². The Morgan fingerprint density at radius 3 is 2.60 bits per heavy atom. The van der Waals surface area contributed by atoms with Gasteiger partial charge < -0.3 is 9.80 Å². The highest BCUT2D eigenvalue weighted by atomic mass is 32.2. The fourth-order valence-corrected chi connectivity index (χ4v) is 4.10. The van der Waals surface area contributed by atoms with Crippen molar-refractivity contribution in [1.82, 2.24) is 14.8 Å². The van der Waals surface area contributed by atoms with Crippen LogP contribution in [0.15, 0.2) is 29.2 Å². The smallest absolute Gasteiger partial charge is 0.265 e. The fraction of sp³-hybridized carbons (Fsp3) is 0.474. The molecule has 0 aliphatic heterocycles. The summed E-state index contributed by atoms with van der Waals surface area (Å²) in [5.41, 5.74) is 1.89. The second kappa shape index (κ2) is 9.36. The minimum absolute atomic E-state index is 0.0643. The van der Waals surface area contributed by atoms with E-state index in [9.17, 15) is 4.79 Å². The number of nitrogens with zero attached hydrogens (tertiary/aromatic N) is 3. The van der Waals surface area contributed by atoms with Gasteiger partial charge in [-0.15, -0.1) is 23.1 Å². The number of likely N-dealkylation sites (N-methyl/N-ethyl adjacent to an activating group) is 2. The minimum Gasteiger partial charge on any atom is -0.340 e. The minimum atomic E-state index is 0.0643. The van der Waals surface area contributed by atoms with Gasteiger partial charge in [0, 0.05) is 30.6 Å². The SMILES string of the molecule is CCN(CC)CCN(C)C(=O)c1sc(-c2cccc(SC)c2)nc1C. The maximum Gasteiger partial charge on any atom is 0.265 e. The molecule has 25 heavy (non-hydrogen) atoms. The molecule has 2 aromatic rings. The number of thiazole rings is 1. The molecule has 1 aromatic carbocycles. The molecular formula is C19H27N3OS2. The van der Waals surface area contributed by atoms with E-state index in [4.69, 9.17) is 0 Å². The number of rotatable bonds is 8. The number of carbonyl (C=O) groups is 1. The second-order valence-corrected chi connectivity index (χ2v) is 7.80. The van der Waals surface area contributed by atoms with Crippen LogP contribution in [0.5, 0.6) is 0 Å². The Hall–Kier alpha value is -1.37. The molecule has 1 heterocycles. The van der Waals surface area contributed by atoms with Gasteiger partial charge >= 0.3 is 0 Å². The molecule has 0 radical (unpaired) electrons.